The highest BCUT2D eigenvalue weighted by Crippen LogP contribution is 2.21. The van der Waals surface area contributed by atoms with E-state index in [0.717, 1.165) is 16.9 Å². The zero-order chi connectivity index (χ0) is 22.4. The Morgan fingerprint density at radius 1 is 1.16 bits per heavy atom. The van der Waals surface area contributed by atoms with Gasteiger partial charge in [-0.05, 0) is 61.1 Å². The number of aromatic nitrogens is 3. The van der Waals surface area contributed by atoms with Crippen molar-refractivity contribution in [3.8, 4) is 22.9 Å². The third-order valence-electron chi connectivity index (χ3n) is 4.47. The van der Waals surface area contributed by atoms with Crippen molar-refractivity contribution in [1.82, 2.24) is 19.7 Å². The molecule has 7 nitrogen and oxygen atoms in total. The molecule has 164 valence electrons. The number of H-pyrrole nitrogens is 1. The number of benzene rings is 2. The summed E-state index contributed by atoms with van der Waals surface area (Å²) in [6, 6.07) is 13.5. The lowest BCUT2D eigenvalue weighted by molar-refractivity contribution is -0.131. The lowest BCUT2D eigenvalue weighted by atomic mass is 10.2. The van der Waals surface area contributed by atoms with Gasteiger partial charge in [0.25, 0.3) is 0 Å². The third kappa shape index (κ3) is 5.88. The summed E-state index contributed by atoms with van der Waals surface area (Å²) in [4.78, 5) is 14.3. The predicted molar refractivity (Wildman–Crippen MR) is 114 cm³/mol. The van der Waals surface area contributed by atoms with Crippen LogP contribution in [-0.2, 0) is 17.9 Å². The molecule has 3 aromatic rings. The molecule has 0 aliphatic carbocycles. The van der Waals surface area contributed by atoms with Crippen LogP contribution in [0.25, 0.3) is 11.4 Å². The highest BCUT2D eigenvalue weighted by atomic mass is 32.1. The summed E-state index contributed by atoms with van der Waals surface area (Å²) in [5.74, 6) is 1.17. The summed E-state index contributed by atoms with van der Waals surface area (Å²) in [6.45, 7) is -0.0921. The third-order valence-corrected chi connectivity index (χ3v) is 4.78. The van der Waals surface area contributed by atoms with Crippen LogP contribution in [0.15, 0.2) is 48.5 Å². The number of carbonyl (C=O) groups is 1. The van der Waals surface area contributed by atoms with E-state index in [1.807, 2.05) is 31.2 Å². The lowest BCUT2D eigenvalue weighted by Crippen LogP contribution is -2.30. The number of aromatic amines is 1. The molecule has 0 fully saturated rings. The molecule has 3 rings (SSSR count). The monoisotopic (exact) mass is 448 g/mol. The summed E-state index contributed by atoms with van der Waals surface area (Å²) in [7, 11) is 1.66. The van der Waals surface area contributed by atoms with Gasteiger partial charge in [0.1, 0.15) is 18.0 Å². The van der Waals surface area contributed by atoms with Crippen molar-refractivity contribution in [2.75, 3.05) is 13.7 Å². The molecule has 0 radical (unpaired) electrons. The Bertz CT molecular complexity index is 1070. The molecule has 1 aromatic heterocycles. The Labute approximate surface area is 183 Å². The molecule has 0 saturated carbocycles. The zero-order valence-corrected chi connectivity index (χ0v) is 17.9. The zero-order valence-electron chi connectivity index (χ0n) is 17.0. The van der Waals surface area contributed by atoms with Gasteiger partial charge in [0.05, 0.1) is 6.61 Å². The van der Waals surface area contributed by atoms with Gasteiger partial charge in [-0.15, -0.1) is 0 Å². The normalized spacial score (nSPS) is 10.9. The van der Waals surface area contributed by atoms with E-state index in [0.29, 0.717) is 23.7 Å². The van der Waals surface area contributed by atoms with Gasteiger partial charge in [-0.2, -0.15) is 13.9 Å². The van der Waals surface area contributed by atoms with Crippen LogP contribution in [-0.4, -0.2) is 45.8 Å². The molecule has 2 aromatic carbocycles. The number of carbonyl (C=O) groups excluding carboxylic acids is 1. The minimum atomic E-state index is -2.88. The quantitative estimate of drug-likeness (QED) is 0.495. The van der Waals surface area contributed by atoms with E-state index >= 15 is 0 Å². The second kappa shape index (κ2) is 10.2. The lowest BCUT2D eigenvalue weighted by Gasteiger charge is -2.18. The maximum absolute atomic E-state index is 12.8. The van der Waals surface area contributed by atoms with Gasteiger partial charge >= 0.3 is 6.61 Å². The number of hydrogen-bond acceptors (Lipinski definition) is 5. The fourth-order valence-corrected chi connectivity index (χ4v) is 3.14. The minimum absolute atomic E-state index is 0.000948. The van der Waals surface area contributed by atoms with E-state index in [4.69, 9.17) is 17.0 Å². The van der Waals surface area contributed by atoms with Gasteiger partial charge in [-0.3, -0.25) is 14.5 Å². The molecule has 10 heteroatoms. The highest BCUT2D eigenvalue weighted by molar-refractivity contribution is 7.71. The van der Waals surface area contributed by atoms with Crippen LogP contribution in [0.2, 0.25) is 0 Å². The first kappa shape index (κ1) is 22.4. The predicted octanol–water partition coefficient (Wildman–Crippen LogP) is 4.27. The number of ether oxygens (including phenoxy) is 2. The molecule has 1 N–H and O–H groups in total. The fraction of sp³-hybridized carbons (Fsp3) is 0.286. The number of halogens is 2. The van der Waals surface area contributed by atoms with Crippen molar-refractivity contribution in [2.45, 2.75) is 26.6 Å². The Morgan fingerprint density at radius 3 is 2.42 bits per heavy atom. The van der Waals surface area contributed by atoms with E-state index < -0.39 is 6.61 Å². The summed E-state index contributed by atoms with van der Waals surface area (Å²) >= 11 is 5.30. The number of amides is 1. The Morgan fingerprint density at radius 2 is 1.81 bits per heavy atom. The van der Waals surface area contributed by atoms with Crippen LogP contribution in [0.1, 0.15) is 12.5 Å². The molecule has 0 atom stereocenters. The Kier molecular flexibility index (Phi) is 7.35. The number of nitrogens with one attached hydrogen (secondary N) is 1. The van der Waals surface area contributed by atoms with Crippen LogP contribution in [0.4, 0.5) is 8.78 Å². The maximum Gasteiger partial charge on any atom is 0.387 e. The second-order valence-corrected chi connectivity index (χ2v) is 7.05. The molecule has 0 aliphatic rings. The first-order valence-electron chi connectivity index (χ1n) is 9.53. The van der Waals surface area contributed by atoms with E-state index in [1.54, 1.807) is 23.7 Å². The van der Waals surface area contributed by atoms with E-state index in [1.165, 1.54) is 17.0 Å². The number of nitrogens with zero attached hydrogens (tertiary/aromatic N) is 3. The van der Waals surface area contributed by atoms with Crippen LogP contribution < -0.4 is 9.47 Å². The smallest absolute Gasteiger partial charge is 0.387 e. The van der Waals surface area contributed by atoms with Gasteiger partial charge in [0, 0.05) is 19.2 Å². The molecule has 0 bridgehead atoms. The van der Waals surface area contributed by atoms with Crippen molar-refractivity contribution in [3.63, 3.8) is 0 Å². The van der Waals surface area contributed by atoms with Crippen molar-refractivity contribution >= 4 is 18.1 Å². The van der Waals surface area contributed by atoms with Crippen molar-refractivity contribution in [2.24, 2.45) is 0 Å². The van der Waals surface area contributed by atoms with Crippen molar-refractivity contribution < 1.29 is 23.0 Å². The van der Waals surface area contributed by atoms with Gasteiger partial charge in [-0.25, -0.2) is 0 Å². The maximum atomic E-state index is 12.8. The van der Waals surface area contributed by atoms with Crippen molar-refractivity contribution in [3.05, 3.63) is 58.9 Å². The summed E-state index contributed by atoms with van der Waals surface area (Å²) in [5.41, 5.74) is 1.57. The average Bonchev–Trinajstić information content (AvgIpc) is 3.10. The van der Waals surface area contributed by atoms with Gasteiger partial charge in [0.2, 0.25) is 5.91 Å². The number of alkyl halides is 2. The molecule has 31 heavy (non-hydrogen) atoms. The van der Waals surface area contributed by atoms with E-state index in [-0.39, 0.29) is 18.2 Å². The molecular weight excluding hydrogens is 426 g/mol. The standard InChI is InChI=1S/C21H22F2N4O3S/c1-3-29-16-10-6-15(7-11-16)19-24-25-21(31)27(19)13-18(28)26(2)12-14-4-8-17(9-5-14)30-20(22)23/h4-11,20H,3,12-13H2,1-2H3,(H,25,31). The molecule has 0 spiro atoms. The van der Waals surface area contributed by atoms with E-state index in [2.05, 4.69) is 14.9 Å². The van der Waals surface area contributed by atoms with Gasteiger partial charge in [0.15, 0.2) is 10.6 Å². The molecular formula is C21H22F2N4O3S. The number of hydrogen-bond donors (Lipinski definition) is 1. The first-order valence-corrected chi connectivity index (χ1v) is 9.94. The number of likely N-dealkylation sites (N-methyl/N-ethyl adjacent to an activating group) is 1. The second-order valence-electron chi connectivity index (χ2n) is 6.67. The summed E-state index contributed by atoms with van der Waals surface area (Å²) in [6.07, 6.45) is 0. The summed E-state index contributed by atoms with van der Waals surface area (Å²) in [5, 5.41) is 6.98. The van der Waals surface area contributed by atoms with Gasteiger partial charge in [-0.1, -0.05) is 12.1 Å². The number of rotatable bonds is 9. The Hall–Kier alpha value is -3.27. The van der Waals surface area contributed by atoms with Crippen LogP contribution in [0.5, 0.6) is 11.5 Å². The first-order chi connectivity index (χ1) is 14.9. The fourth-order valence-electron chi connectivity index (χ4n) is 2.95. The van der Waals surface area contributed by atoms with Crippen LogP contribution >= 0.6 is 12.2 Å². The van der Waals surface area contributed by atoms with Crippen LogP contribution in [0, 0.1) is 4.77 Å². The van der Waals surface area contributed by atoms with Crippen molar-refractivity contribution in [1.29, 1.82) is 0 Å². The largest absolute Gasteiger partial charge is 0.494 e. The molecule has 1 amide bonds. The van der Waals surface area contributed by atoms with Crippen LogP contribution in [0.3, 0.4) is 0 Å². The summed E-state index contributed by atoms with van der Waals surface area (Å²) < 4.78 is 36.3. The topological polar surface area (TPSA) is 72.4 Å². The highest BCUT2D eigenvalue weighted by Gasteiger charge is 2.16. The van der Waals surface area contributed by atoms with Gasteiger partial charge < -0.3 is 14.4 Å². The molecule has 0 unspecified atom stereocenters. The molecule has 0 saturated heterocycles. The average molecular weight is 448 g/mol. The Balaban J connectivity index is 1.68. The van der Waals surface area contributed by atoms with E-state index in [9.17, 15) is 13.6 Å². The molecule has 1 heterocycles. The molecule has 0 aliphatic heterocycles. The minimum Gasteiger partial charge on any atom is -0.494 e. The SMILES string of the molecule is CCOc1ccc(-c2n[nH]c(=S)n2CC(=O)N(C)Cc2ccc(OC(F)F)cc2)cc1.